The highest BCUT2D eigenvalue weighted by Crippen LogP contribution is 2.42. The minimum atomic E-state index is -0.860. The molecule has 2 fully saturated rings. The van der Waals surface area contributed by atoms with E-state index < -0.39 is 5.97 Å². The molecule has 1 heterocycles. The molecule has 0 aromatic heterocycles. The first-order chi connectivity index (χ1) is 10.6. The lowest BCUT2D eigenvalue weighted by Gasteiger charge is -2.19. The topological polar surface area (TPSA) is 46.5 Å². The van der Waals surface area contributed by atoms with Crippen molar-refractivity contribution >= 4 is 39.2 Å². The Balaban J connectivity index is 1.82. The van der Waals surface area contributed by atoms with E-state index in [9.17, 15) is 9.90 Å². The molecule has 0 bridgehead atoms. The van der Waals surface area contributed by atoms with Gasteiger partial charge in [-0.05, 0) is 65.2 Å². The van der Waals surface area contributed by atoms with Crippen molar-refractivity contribution in [3.8, 4) is 0 Å². The highest BCUT2D eigenvalue weighted by Gasteiger charge is 2.24. The number of thioether (sulfide) groups is 1. The van der Waals surface area contributed by atoms with Gasteiger partial charge in [0.2, 0.25) is 0 Å². The third-order valence-electron chi connectivity index (χ3n) is 3.96. The Bertz CT molecular complexity index is 590. The number of benzene rings is 1. The van der Waals surface area contributed by atoms with E-state index >= 15 is 0 Å². The van der Waals surface area contributed by atoms with E-state index in [2.05, 4.69) is 15.9 Å². The van der Waals surface area contributed by atoms with Crippen LogP contribution in [0.2, 0.25) is 0 Å². The number of carbonyl (C=O) groups is 1. The van der Waals surface area contributed by atoms with Crippen LogP contribution in [0.5, 0.6) is 0 Å². The van der Waals surface area contributed by atoms with Crippen molar-refractivity contribution in [2.45, 2.75) is 35.8 Å². The number of rotatable bonds is 5. The molecule has 118 valence electrons. The van der Waals surface area contributed by atoms with Crippen molar-refractivity contribution in [3.63, 3.8) is 0 Å². The Kier molecular flexibility index (Phi) is 5.26. The summed E-state index contributed by atoms with van der Waals surface area (Å²) in [5, 5.41) is 10.3. The van der Waals surface area contributed by atoms with Crippen LogP contribution in [0.3, 0.4) is 0 Å². The lowest BCUT2D eigenvalue weighted by atomic mass is 9.94. The lowest BCUT2D eigenvalue weighted by molar-refractivity contribution is -0.130. The van der Waals surface area contributed by atoms with Crippen molar-refractivity contribution in [1.29, 1.82) is 0 Å². The van der Waals surface area contributed by atoms with E-state index in [0.717, 1.165) is 28.1 Å². The number of allylic oxidation sites excluding steroid dienone is 1. The summed E-state index contributed by atoms with van der Waals surface area (Å²) in [6.45, 7) is 1.43. The summed E-state index contributed by atoms with van der Waals surface area (Å²) in [5.74, 6) is -0.569. The monoisotopic (exact) mass is 382 g/mol. The van der Waals surface area contributed by atoms with Crippen LogP contribution in [0.4, 0.5) is 0 Å². The molecule has 1 aromatic carbocycles. The molecule has 0 unspecified atom stereocenters. The molecule has 1 saturated carbocycles. The lowest BCUT2D eigenvalue weighted by Crippen LogP contribution is -2.15. The zero-order valence-electron chi connectivity index (χ0n) is 12.3. The normalized spacial score (nSPS) is 20.1. The Hall–Kier alpha value is -0.780. The predicted octanol–water partition coefficient (Wildman–Crippen LogP) is 4.60. The molecule has 3 nitrogen and oxygen atoms in total. The Morgan fingerprint density at radius 2 is 2.00 bits per heavy atom. The fraction of sp³-hybridized carbons (Fsp3) is 0.471. The molecular weight excluding hydrogens is 364 g/mol. The van der Waals surface area contributed by atoms with Gasteiger partial charge in [0.05, 0.1) is 5.57 Å². The van der Waals surface area contributed by atoms with Crippen LogP contribution in [0.25, 0.3) is 5.57 Å². The van der Waals surface area contributed by atoms with Gasteiger partial charge in [-0.25, -0.2) is 4.79 Å². The van der Waals surface area contributed by atoms with Crippen LogP contribution in [0, 0.1) is 5.92 Å². The molecule has 22 heavy (non-hydrogen) atoms. The van der Waals surface area contributed by atoms with Gasteiger partial charge in [-0.1, -0.05) is 12.1 Å². The molecule has 1 saturated heterocycles. The second-order valence-electron chi connectivity index (χ2n) is 5.80. The Morgan fingerprint density at radius 1 is 1.27 bits per heavy atom. The van der Waals surface area contributed by atoms with Gasteiger partial charge in [-0.3, -0.25) is 0 Å². The van der Waals surface area contributed by atoms with E-state index in [1.54, 1.807) is 0 Å². The molecule has 1 aliphatic carbocycles. The number of aliphatic carboxylic acids is 1. The standard InChI is InChI=1S/C17H19BrO3S/c18-15-10-12(1-4-16(15)22-13-2-3-13)14(17(19)20)9-11-5-7-21-8-6-11/h1,4,9-11,13H,2-3,5-8H2,(H,19,20). The molecule has 2 aliphatic rings. The maximum Gasteiger partial charge on any atom is 0.335 e. The van der Waals surface area contributed by atoms with Crippen molar-refractivity contribution in [3.05, 3.63) is 34.3 Å². The molecule has 0 spiro atoms. The maximum atomic E-state index is 11.6. The third-order valence-corrected chi connectivity index (χ3v) is 6.29. The molecule has 3 rings (SSSR count). The zero-order valence-corrected chi connectivity index (χ0v) is 14.7. The summed E-state index contributed by atoms with van der Waals surface area (Å²) in [6.07, 6.45) is 6.26. The van der Waals surface area contributed by atoms with Gasteiger partial charge in [-0.2, -0.15) is 0 Å². The fourth-order valence-electron chi connectivity index (χ4n) is 2.54. The van der Waals surface area contributed by atoms with Gasteiger partial charge < -0.3 is 9.84 Å². The SMILES string of the molecule is O=C(O)C(=CC1CCOCC1)c1ccc(SC2CC2)c(Br)c1. The summed E-state index contributed by atoms with van der Waals surface area (Å²) in [6, 6.07) is 5.89. The van der Waals surface area contributed by atoms with E-state index in [1.807, 2.05) is 36.0 Å². The maximum absolute atomic E-state index is 11.6. The van der Waals surface area contributed by atoms with Gasteiger partial charge >= 0.3 is 5.97 Å². The van der Waals surface area contributed by atoms with E-state index in [4.69, 9.17) is 4.74 Å². The average molecular weight is 383 g/mol. The molecule has 1 aromatic rings. The minimum absolute atomic E-state index is 0.291. The second kappa shape index (κ2) is 7.20. The number of halogens is 1. The number of ether oxygens (including phenoxy) is 1. The number of hydrogen-bond acceptors (Lipinski definition) is 3. The van der Waals surface area contributed by atoms with E-state index in [-0.39, 0.29) is 0 Å². The van der Waals surface area contributed by atoms with Gasteiger partial charge in [0.25, 0.3) is 0 Å². The quantitative estimate of drug-likeness (QED) is 0.755. The highest BCUT2D eigenvalue weighted by atomic mass is 79.9. The van der Waals surface area contributed by atoms with Crippen molar-refractivity contribution in [2.24, 2.45) is 5.92 Å². The molecule has 0 radical (unpaired) electrons. The molecular formula is C17H19BrO3S. The van der Waals surface area contributed by atoms with Crippen LogP contribution in [-0.2, 0) is 9.53 Å². The van der Waals surface area contributed by atoms with Gasteiger partial charge in [-0.15, -0.1) is 11.8 Å². The van der Waals surface area contributed by atoms with Crippen LogP contribution in [0.1, 0.15) is 31.2 Å². The first kappa shape index (κ1) is 16.1. The number of hydrogen-bond donors (Lipinski definition) is 1. The van der Waals surface area contributed by atoms with Gasteiger partial charge in [0.1, 0.15) is 0 Å². The molecule has 0 atom stereocenters. The third kappa shape index (κ3) is 4.15. The van der Waals surface area contributed by atoms with Crippen LogP contribution < -0.4 is 0 Å². The fourth-order valence-corrected chi connectivity index (χ4v) is 4.25. The van der Waals surface area contributed by atoms with Crippen LogP contribution in [-0.4, -0.2) is 29.5 Å². The Morgan fingerprint density at radius 3 is 2.59 bits per heavy atom. The summed E-state index contributed by atoms with van der Waals surface area (Å²) < 4.78 is 6.33. The number of carboxylic acids is 1. The summed E-state index contributed by atoms with van der Waals surface area (Å²) in [4.78, 5) is 12.8. The van der Waals surface area contributed by atoms with Crippen LogP contribution >= 0.6 is 27.7 Å². The second-order valence-corrected chi connectivity index (χ2v) is 7.99. The smallest absolute Gasteiger partial charge is 0.335 e. The van der Waals surface area contributed by atoms with E-state index in [0.29, 0.717) is 24.7 Å². The van der Waals surface area contributed by atoms with Gasteiger partial charge in [0, 0.05) is 27.8 Å². The average Bonchev–Trinajstić information content (AvgIpc) is 3.32. The summed E-state index contributed by atoms with van der Waals surface area (Å²) in [7, 11) is 0. The minimum Gasteiger partial charge on any atom is -0.478 e. The highest BCUT2D eigenvalue weighted by molar-refractivity contribution is 9.10. The molecule has 1 aliphatic heterocycles. The molecule has 1 N–H and O–H groups in total. The molecule has 5 heteroatoms. The van der Waals surface area contributed by atoms with Gasteiger partial charge in [0.15, 0.2) is 0 Å². The van der Waals surface area contributed by atoms with E-state index in [1.165, 1.54) is 17.7 Å². The Labute approximate surface area is 143 Å². The molecule has 0 amide bonds. The number of carboxylic acid groups (broad SMARTS) is 1. The van der Waals surface area contributed by atoms with Crippen molar-refractivity contribution in [1.82, 2.24) is 0 Å². The van der Waals surface area contributed by atoms with Crippen molar-refractivity contribution in [2.75, 3.05) is 13.2 Å². The first-order valence-corrected chi connectivity index (χ1v) is 9.30. The first-order valence-electron chi connectivity index (χ1n) is 7.63. The predicted molar refractivity (Wildman–Crippen MR) is 92.2 cm³/mol. The summed E-state index contributed by atoms with van der Waals surface area (Å²) in [5.41, 5.74) is 1.17. The summed E-state index contributed by atoms with van der Waals surface area (Å²) >= 11 is 5.46. The van der Waals surface area contributed by atoms with Crippen LogP contribution in [0.15, 0.2) is 33.6 Å². The van der Waals surface area contributed by atoms with Crippen molar-refractivity contribution < 1.29 is 14.6 Å². The zero-order chi connectivity index (χ0) is 15.5. The largest absolute Gasteiger partial charge is 0.478 e.